The number of carbonyl (C=O) groups excluding carboxylic acids is 1. The maximum absolute atomic E-state index is 13.4. The first-order valence-electron chi connectivity index (χ1n) is 12.1. The van der Waals surface area contributed by atoms with Crippen molar-refractivity contribution in [3.63, 3.8) is 0 Å². The highest BCUT2D eigenvalue weighted by Gasteiger charge is 2.39. The number of hydrogen-bond acceptors (Lipinski definition) is 3. The Bertz CT molecular complexity index is 1320. The molecule has 0 saturated carbocycles. The number of fused-ring (bicyclic) bond motifs is 1. The molecule has 186 valence electrons. The van der Waals surface area contributed by atoms with Crippen LogP contribution in [0.2, 0.25) is 0 Å². The molecule has 0 bridgehead atoms. The summed E-state index contributed by atoms with van der Waals surface area (Å²) in [6, 6.07) is 17.0. The third-order valence-corrected chi connectivity index (χ3v) is 8.17. The fourth-order valence-corrected chi connectivity index (χ4v) is 5.99. The lowest BCUT2D eigenvalue weighted by Gasteiger charge is -2.43. The van der Waals surface area contributed by atoms with E-state index in [4.69, 9.17) is 5.11 Å². The molecule has 1 aliphatic rings. The molecule has 5 heteroatoms. The van der Waals surface area contributed by atoms with Crippen LogP contribution in [0.4, 0.5) is 4.39 Å². The second-order valence-electron chi connectivity index (χ2n) is 10.7. The summed E-state index contributed by atoms with van der Waals surface area (Å²) in [5.41, 5.74) is 5.09. The molecule has 0 fully saturated rings. The molecule has 0 atom stereocenters. The fourth-order valence-electron chi connectivity index (χ4n) is 4.73. The molecule has 0 saturated heterocycles. The van der Waals surface area contributed by atoms with E-state index in [9.17, 15) is 14.0 Å². The van der Waals surface area contributed by atoms with Crippen molar-refractivity contribution in [2.75, 3.05) is 0 Å². The van der Waals surface area contributed by atoms with E-state index in [2.05, 4.69) is 33.8 Å². The van der Waals surface area contributed by atoms with Gasteiger partial charge in [0.25, 0.3) is 0 Å². The van der Waals surface area contributed by atoms with Gasteiger partial charge in [-0.15, -0.1) is 11.8 Å². The van der Waals surface area contributed by atoms with E-state index < -0.39 is 5.97 Å². The molecule has 1 aliphatic carbocycles. The average molecular weight is 503 g/mol. The van der Waals surface area contributed by atoms with Gasteiger partial charge in [-0.1, -0.05) is 58.0 Å². The monoisotopic (exact) mass is 502 g/mol. The standard InChI is InChI=1S/C31H31FO3S/c1-30(2)15-16-31(3,4)28-25(30)17-23(18-27(28)36-19-21-7-12-24(32)13-8-21)26(33)14-9-20-5-10-22(11-6-20)29(34)35/h5-14,17-18H,15-16,19H2,1-4H3,(H,34,35). The second-order valence-corrected chi connectivity index (χ2v) is 11.7. The third kappa shape index (κ3) is 5.62. The van der Waals surface area contributed by atoms with Crippen LogP contribution in [0.25, 0.3) is 6.08 Å². The van der Waals surface area contributed by atoms with Crippen LogP contribution in [0.1, 0.15) is 83.5 Å². The van der Waals surface area contributed by atoms with Crippen LogP contribution < -0.4 is 0 Å². The first-order valence-corrected chi connectivity index (χ1v) is 13.1. The van der Waals surface area contributed by atoms with E-state index in [1.54, 1.807) is 48.2 Å². The Morgan fingerprint density at radius 1 is 0.917 bits per heavy atom. The van der Waals surface area contributed by atoms with Gasteiger partial charge in [-0.3, -0.25) is 4.79 Å². The second kappa shape index (κ2) is 10.1. The lowest BCUT2D eigenvalue weighted by Crippen LogP contribution is -2.34. The van der Waals surface area contributed by atoms with E-state index in [1.807, 2.05) is 6.07 Å². The van der Waals surface area contributed by atoms with Crippen LogP contribution in [0.15, 0.2) is 71.6 Å². The SMILES string of the molecule is CC1(C)CCC(C)(C)c2c(SCc3ccc(F)cc3)cc(C(=O)C=Cc3ccc(C(=O)O)cc3)cc21. The lowest BCUT2D eigenvalue weighted by atomic mass is 9.63. The minimum atomic E-state index is -0.980. The fraction of sp³-hybridized carbons (Fsp3) is 0.290. The van der Waals surface area contributed by atoms with Crippen molar-refractivity contribution in [2.45, 2.75) is 62.0 Å². The van der Waals surface area contributed by atoms with Gasteiger partial charge in [0.05, 0.1) is 5.56 Å². The van der Waals surface area contributed by atoms with E-state index >= 15 is 0 Å². The zero-order chi connectivity index (χ0) is 26.1. The molecule has 0 heterocycles. The molecular weight excluding hydrogens is 471 g/mol. The molecule has 4 rings (SSSR count). The first-order chi connectivity index (χ1) is 17.0. The number of carboxylic acid groups (broad SMARTS) is 1. The molecule has 0 radical (unpaired) electrons. The van der Waals surface area contributed by atoms with Gasteiger partial charge in [0.15, 0.2) is 5.78 Å². The van der Waals surface area contributed by atoms with Crippen LogP contribution in [0.5, 0.6) is 0 Å². The van der Waals surface area contributed by atoms with Gasteiger partial charge in [-0.05, 0) is 88.4 Å². The van der Waals surface area contributed by atoms with E-state index in [-0.39, 0.29) is 28.0 Å². The third-order valence-electron chi connectivity index (χ3n) is 7.06. The smallest absolute Gasteiger partial charge is 0.335 e. The summed E-state index contributed by atoms with van der Waals surface area (Å²) >= 11 is 1.69. The van der Waals surface area contributed by atoms with Crippen LogP contribution in [0.3, 0.4) is 0 Å². The maximum atomic E-state index is 13.4. The van der Waals surface area contributed by atoms with Gasteiger partial charge in [0.2, 0.25) is 0 Å². The number of allylic oxidation sites excluding steroid dienone is 1. The molecule has 0 spiro atoms. The van der Waals surface area contributed by atoms with Gasteiger partial charge in [-0.25, -0.2) is 9.18 Å². The minimum absolute atomic E-state index is 0.0146. The number of carbonyl (C=O) groups is 2. The highest BCUT2D eigenvalue weighted by molar-refractivity contribution is 7.98. The molecule has 36 heavy (non-hydrogen) atoms. The summed E-state index contributed by atoms with van der Waals surface area (Å²) in [4.78, 5) is 25.5. The molecule has 0 unspecified atom stereocenters. The van der Waals surface area contributed by atoms with E-state index in [0.717, 1.165) is 28.9 Å². The van der Waals surface area contributed by atoms with Gasteiger partial charge in [0, 0.05) is 16.2 Å². The summed E-state index contributed by atoms with van der Waals surface area (Å²) in [6.07, 6.45) is 5.37. The van der Waals surface area contributed by atoms with Crippen LogP contribution in [-0.4, -0.2) is 16.9 Å². The van der Waals surface area contributed by atoms with Crippen molar-refractivity contribution in [1.82, 2.24) is 0 Å². The summed E-state index contributed by atoms with van der Waals surface area (Å²) in [5.74, 6) is -0.636. The van der Waals surface area contributed by atoms with E-state index in [0.29, 0.717) is 11.3 Å². The van der Waals surface area contributed by atoms with Crippen LogP contribution in [-0.2, 0) is 16.6 Å². The van der Waals surface area contributed by atoms with Crippen LogP contribution >= 0.6 is 11.8 Å². The number of halogens is 1. The van der Waals surface area contributed by atoms with Crippen molar-refractivity contribution in [3.8, 4) is 0 Å². The molecule has 0 aliphatic heterocycles. The number of rotatable bonds is 7. The van der Waals surface area contributed by atoms with Crippen molar-refractivity contribution >= 4 is 29.6 Å². The lowest BCUT2D eigenvalue weighted by molar-refractivity contribution is 0.0696. The molecule has 3 aromatic carbocycles. The zero-order valence-corrected chi connectivity index (χ0v) is 21.9. The summed E-state index contributed by atoms with van der Waals surface area (Å²) in [6.45, 7) is 9.02. The predicted octanol–water partition coefficient (Wildman–Crippen LogP) is 8.06. The Hall–Kier alpha value is -3.18. The van der Waals surface area contributed by atoms with Crippen molar-refractivity contribution in [1.29, 1.82) is 0 Å². The predicted molar refractivity (Wildman–Crippen MR) is 144 cm³/mol. The molecule has 0 amide bonds. The first kappa shape index (κ1) is 25.9. The van der Waals surface area contributed by atoms with Gasteiger partial charge >= 0.3 is 5.97 Å². The highest BCUT2D eigenvalue weighted by Crippen LogP contribution is 2.50. The van der Waals surface area contributed by atoms with Gasteiger partial charge < -0.3 is 5.11 Å². The Labute approximate surface area is 216 Å². The molecule has 3 aromatic rings. The van der Waals surface area contributed by atoms with Crippen molar-refractivity contribution in [2.24, 2.45) is 0 Å². The van der Waals surface area contributed by atoms with Crippen molar-refractivity contribution < 1.29 is 19.1 Å². The Morgan fingerprint density at radius 3 is 2.19 bits per heavy atom. The van der Waals surface area contributed by atoms with Gasteiger partial charge in [-0.2, -0.15) is 0 Å². The summed E-state index contributed by atoms with van der Waals surface area (Å²) < 4.78 is 13.4. The number of ketones is 1. The quantitative estimate of drug-likeness (QED) is 0.202. The molecule has 0 aromatic heterocycles. The number of aromatic carboxylic acids is 1. The molecular formula is C31H31FO3S. The van der Waals surface area contributed by atoms with E-state index in [1.165, 1.54) is 35.4 Å². The summed E-state index contributed by atoms with van der Waals surface area (Å²) in [7, 11) is 0. The topological polar surface area (TPSA) is 54.4 Å². The number of hydrogen-bond donors (Lipinski definition) is 1. The summed E-state index contributed by atoms with van der Waals surface area (Å²) in [5, 5.41) is 9.08. The largest absolute Gasteiger partial charge is 0.478 e. The van der Waals surface area contributed by atoms with Crippen molar-refractivity contribution in [3.05, 3.63) is 106 Å². The Kier molecular flexibility index (Phi) is 7.24. The number of thioether (sulfide) groups is 1. The Balaban J connectivity index is 1.69. The van der Waals surface area contributed by atoms with Crippen LogP contribution in [0, 0.1) is 5.82 Å². The Morgan fingerprint density at radius 2 is 1.56 bits per heavy atom. The number of benzene rings is 3. The minimum Gasteiger partial charge on any atom is -0.478 e. The highest BCUT2D eigenvalue weighted by atomic mass is 32.2. The number of carboxylic acids is 1. The molecule has 1 N–H and O–H groups in total. The normalized spacial score (nSPS) is 16.0. The maximum Gasteiger partial charge on any atom is 0.335 e. The van der Waals surface area contributed by atoms with Gasteiger partial charge in [0.1, 0.15) is 5.82 Å². The molecule has 3 nitrogen and oxygen atoms in total. The average Bonchev–Trinajstić information content (AvgIpc) is 2.85. The zero-order valence-electron chi connectivity index (χ0n) is 21.1.